The Morgan fingerprint density at radius 3 is 2.63 bits per heavy atom. The molecule has 0 aliphatic carbocycles. The number of likely N-dealkylation sites (tertiary alicyclic amines) is 1. The smallest absolute Gasteiger partial charge is 0.119 e. The van der Waals surface area contributed by atoms with Crippen LogP contribution in [0.2, 0.25) is 0 Å². The molecule has 2 aliphatic rings. The number of anilines is 1. The summed E-state index contributed by atoms with van der Waals surface area (Å²) >= 11 is 1.69. The van der Waals surface area contributed by atoms with Crippen LogP contribution in [-0.2, 0) is 0 Å². The fourth-order valence-electron chi connectivity index (χ4n) is 4.87. The monoisotopic (exact) mass is 540 g/mol. The largest absolute Gasteiger partial charge is 0.489 e. The number of benzene rings is 2. The molecule has 0 spiro atoms. The van der Waals surface area contributed by atoms with Gasteiger partial charge in [-0.2, -0.15) is 0 Å². The van der Waals surface area contributed by atoms with Gasteiger partial charge in [-0.15, -0.1) is 24.6 Å². The number of ether oxygens (including phenoxy) is 1. The first kappa shape index (κ1) is 29.5. The van der Waals surface area contributed by atoms with Crippen LogP contribution in [0, 0.1) is 12.8 Å². The van der Waals surface area contributed by atoms with E-state index in [1.807, 2.05) is 42.5 Å². The zero-order valence-electron chi connectivity index (χ0n) is 21.8. The highest BCUT2D eigenvalue weighted by Gasteiger charge is 2.25. The van der Waals surface area contributed by atoms with Gasteiger partial charge in [0.25, 0.3) is 0 Å². The summed E-state index contributed by atoms with van der Waals surface area (Å²) in [6.45, 7) is 2.95. The summed E-state index contributed by atoms with van der Waals surface area (Å²) in [5.74, 6) is 1.19. The molecule has 2 aromatic rings. The Hall–Kier alpha value is -3.08. The molecule has 2 aromatic carbocycles. The number of rotatable bonds is 9. The van der Waals surface area contributed by atoms with E-state index in [-0.39, 0.29) is 18.6 Å². The van der Waals surface area contributed by atoms with Crippen molar-refractivity contribution in [2.75, 3.05) is 44.5 Å². The number of nitrogens with two attached hydrogens (primary N) is 1. The fourth-order valence-corrected chi connectivity index (χ4v) is 5.94. The molecule has 38 heavy (non-hydrogen) atoms. The van der Waals surface area contributed by atoms with Gasteiger partial charge in [0.15, 0.2) is 0 Å². The minimum Gasteiger partial charge on any atom is -0.489 e. The van der Waals surface area contributed by atoms with Crippen LogP contribution in [-0.4, -0.2) is 49.7 Å². The van der Waals surface area contributed by atoms with Crippen LogP contribution >= 0.6 is 11.8 Å². The van der Waals surface area contributed by atoms with Gasteiger partial charge in [0.2, 0.25) is 0 Å². The van der Waals surface area contributed by atoms with Crippen LogP contribution in [0.15, 0.2) is 76.5 Å². The van der Waals surface area contributed by atoms with Crippen LogP contribution in [0.25, 0.3) is 5.57 Å². The Kier molecular flexibility index (Phi) is 11.4. The first-order chi connectivity index (χ1) is 18.5. The van der Waals surface area contributed by atoms with Crippen molar-refractivity contribution in [2.45, 2.75) is 37.2 Å². The minimum absolute atomic E-state index is 0.0813. The lowest BCUT2D eigenvalue weighted by molar-refractivity contribution is 0.198. The molecular weight excluding hydrogens is 505 g/mol. The van der Waals surface area contributed by atoms with Crippen molar-refractivity contribution < 1.29 is 17.9 Å². The molecule has 3 nitrogen and oxygen atoms in total. The quantitative estimate of drug-likeness (QED) is 0.204. The molecule has 2 heterocycles. The van der Waals surface area contributed by atoms with Crippen molar-refractivity contribution in [3.63, 3.8) is 0 Å². The first-order valence-electron chi connectivity index (χ1n) is 12.7. The maximum absolute atomic E-state index is 14.7. The summed E-state index contributed by atoms with van der Waals surface area (Å²) in [4.78, 5) is 3.28. The zero-order valence-corrected chi connectivity index (χ0v) is 22.6. The first-order valence-corrected chi connectivity index (χ1v) is 13.7. The molecule has 0 bridgehead atoms. The lowest BCUT2D eigenvalue weighted by Gasteiger charge is -2.19. The van der Waals surface area contributed by atoms with Crippen molar-refractivity contribution in [1.82, 2.24) is 4.90 Å². The number of fused-ring (bicyclic) bond motifs is 1. The van der Waals surface area contributed by atoms with Crippen LogP contribution in [0.4, 0.5) is 18.9 Å². The van der Waals surface area contributed by atoms with E-state index in [9.17, 15) is 13.2 Å². The molecule has 1 saturated heterocycles. The number of halogens is 3. The number of hydrogen-bond acceptors (Lipinski definition) is 4. The molecular formula is C31H35F3N2OS. The highest BCUT2D eigenvalue weighted by molar-refractivity contribution is 7.99. The fraction of sp³-hybridized carbons (Fsp3) is 0.355. The van der Waals surface area contributed by atoms with E-state index >= 15 is 0 Å². The topological polar surface area (TPSA) is 38.5 Å². The molecule has 1 atom stereocenters. The summed E-state index contributed by atoms with van der Waals surface area (Å²) in [6.07, 6.45) is 13.1. The molecule has 1 unspecified atom stereocenters. The Balaban J connectivity index is 0.00000195. The summed E-state index contributed by atoms with van der Waals surface area (Å²) in [6, 6.07) is 13.7. The van der Waals surface area contributed by atoms with Gasteiger partial charge in [-0.1, -0.05) is 30.4 Å². The molecule has 7 heteroatoms. The van der Waals surface area contributed by atoms with Gasteiger partial charge in [0.1, 0.15) is 24.4 Å². The van der Waals surface area contributed by atoms with E-state index in [0.29, 0.717) is 24.1 Å². The number of alkyl halides is 2. The third-order valence-electron chi connectivity index (χ3n) is 6.54. The number of nitrogens with zero attached hydrogens (tertiary/aromatic N) is 1. The van der Waals surface area contributed by atoms with E-state index in [4.69, 9.17) is 10.5 Å². The average molecular weight is 541 g/mol. The van der Waals surface area contributed by atoms with E-state index in [1.165, 1.54) is 13.0 Å². The third kappa shape index (κ3) is 7.49. The predicted molar refractivity (Wildman–Crippen MR) is 154 cm³/mol. The SMILES string of the molecule is C#C.C/C(F)=C(\C=C/CF)C1=C(c2ccc(OC3CCN(CCCF)C3)cc2)c2ccc(N)cc2SCC1. The number of nitrogen functional groups attached to an aromatic ring is 1. The van der Waals surface area contributed by atoms with Gasteiger partial charge in [-0.25, -0.2) is 8.78 Å². The normalized spacial score (nSPS) is 18.4. The van der Waals surface area contributed by atoms with E-state index in [2.05, 4.69) is 17.7 Å². The highest BCUT2D eigenvalue weighted by Crippen LogP contribution is 2.43. The van der Waals surface area contributed by atoms with Crippen molar-refractivity contribution in [1.29, 1.82) is 0 Å². The molecule has 0 radical (unpaired) electrons. The number of terminal acetylenes is 1. The van der Waals surface area contributed by atoms with E-state index in [0.717, 1.165) is 64.7 Å². The van der Waals surface area contributed by atoms with Crippen LogP contribution < -0.4 is 10.5 Å². The second kappa shape index (κ2) is 14.8. The summed E-state index contributed by atoms with van der Waals surface area (Å²) in [7, 11) is 0. The number of allylic oxidation sites excluding steroid dienone is 5. The minimum atomic E-state index is -0.653. The molecule has 2 N–H and O–H groups in total. The second-order valence-corrected chi connectivity index (χ2v) is 10.2. The second-order valence-electron chi connectivity index (χ2n) is 9.11. The average Bonchev–Trinajstić information content (AvgIpc) is 3.29. The summed E-state index contributed by atoms with van der Waals surface area (Å²) in [5, 5.41) is 0. The van der Waals surface area contributed by atoms with Gasteiger partial charge in [-0.05, 0) is 72.7 Å². The zero-order chi connectivity index (χ0) is 27.5. The van der Waals surface area contributed by atoms with Gasteiger partial charge < -0.3 is 10.5 Å². The summed E-state index contributed by atoms with van der Waals surface area (Å²) in [5.41, 5.74) is 10.9. The van der Waals surface area contributed by atoms with Gasteiger partial charge >= 0.3 is 0 Å². The van der Waals surface area contributed by atoms with Crippen molar-refractivity contribution >= 4 is 23.0 Å². The molecule has 1 fully saturated rings. The number of hydrogen-bond donors (Lipinski definition) is 1. The Labute approximate surface area is 228 Å². The molecule has 2 aliphatic heterocycles. The lowest BCUT2D eigenvalue weighted by Crippen LogP contribution is -2.26. The van der Waals surface area contributed by atoms with E-state index in [1.54, 1.807) is 17.8 Å². The van der Waals surface area contributed by atoms with Crippen LogP contribution in [0.1, 0.15) is 37.3 Å². The number of thioether (sulfide) groups is 1. The molecule has 4 rings (SSSR count). The van der Waals surface area contributed by atoms with Gasteiger partial charge in [0, 0.05) is 41.5 Å². The van der Waals surface area contributed by atoms with Crippen LogP contribution in [0.3, 0.4) is 0 Å². The maximum atomic E-state index is 14.7. The van der Waals surface area contributed by atoms with Crippen molar-refractivity contribution in [2.24, 2.45) is 0 Å². The maximum Gasteiger partial charge on any atom is 0.119 e. The highest BCUT2D eigenvalue weighted by atomic mass is 32.2. The Morgan fingerprint density at radius 1 is 1.18 bits per heavy atom. The van der Waals surface area contributed by atoms with Crippen molar-refractivity contribution in [3.05, 3.63) is 82.7 Å². The van der Waals surface area contributed by atoms with Crippen molar-refractivity contribution in [3.8, 4) is 18.6 Å². The molecule has 0 aromatic heterocycles. The van der Waals surface area contributed by atoms with E-state index < -0.39 is 6.67 Å². The third-order valence-corrected chi connectivity index (χ3v) is 7.60. The molecule has 0 amide bonds. The Morgan fingerprint density at radius 2 is 1.95 bits per heavy atom. The predicted octanol–water partition coefficient (Wildman–Crippen LogP) is 7.40. The lowest BCUT2D eigenvalue weighted by atomic mass is 9.87. The summed E-state index contributed by atoms with van der Waals surface area (Å²) < 4.78 is 46.4. The Bertz CT molecular complexity index is 1180. The molecule has 0 saturated carbocycles. The van der Waals surface area contributed by atoms with Gasteiger partial charge in [-0.3, -0.25) is 9.29 Å². The van der Waals surface area contributed by atoms with Crippen LogP contribution in [0.5, 0.6) is 5.75 Å². The standard InChI is InChI=1S/C29H33F3N2OS.C2H2/c1-20(32)25(4-2-13-30)26-12-17-36-28-18-22(33)7-10-27(28)29(26)21-5-8-23(9-6-21)35-24-11-16-34(19-24)15-3-14-31;1-2/h2,4-10,18,24H,3,11-17,19,33H2,1H3;1-2H/b4-2-,25-20-;. The molecule has 202 valence electrons. The van der Waals surface area contributed by atoms with Gasteiger partial charge in [0.05, 0.1) is 6.67 Å².